The molecule has 0 spiro atoms. The molecule has 0 amide bonds. The first kappa shape index (κ1) is 12.0. The van der Waals surface area contributed by atoms with E-state index in [4.69, 9.17) is 17.4 Å². The van der Waals surface area contributed by atoms with E-state index in [0.717, 1.165) is 15.1 Å². The molecule has 0 fully saturated rings. The lowest BCUT2D eigenvalue weighted by atomic mass is 9.97. The molecule has 0 saturated heterocycles. The van der Waals surface area contributed by atoms with E-state index in [1.165, 1.54) is 0 Å². The average molecular weight is 278 g/mol. The number of rotatable bonds is 3. The van der Waals surface area contributed by atoms with Crippen molar-refractivity contribution in [1.82, 2.24) is 5.43 Å². The zero-order chi connectivity index (χ0) is 10.7. The van der Waals surface area contributed by atoms with E-state index in [9.17, 15) is 0 Å². The van der Waals surface area contributed by atoms with Gasteiger partial charge in [0.05, 0.1) is 0 Å². The maximum atomic E-state index is 6.12. The fourth-order valence-corrected chi connectivity index (χ4v) is 2.19. The van der Waals surface area contributed by atoms with Crippen LogP contribution in [0.15, 0.2) is 22.7 Å². The van der Waals surface area contributed by atoms with Crippen molar-refractivity contribution in [1.29, 1.82) is 0 Å². The number of benzene rings is 1. The summed E-state index contributed by atoms with van der Waals surface area (Å²) in [6.45, 7) is 4.20. The van der Waals surface area contributed by atoms with Crippen LogP contribution in [0.2, 0.25) is 5.02 Å². The molecule has 0 heterocycles. The molecular weight excluding hydrogens is 263 g/mol. The molecule has 0 aliphatic heterocycles. The Bertz CT molecular complexity index is 315. The summed E-state index contributed by atoms with van der Waals surface area (Å²) in [5.74, 6) is 5.89. The molecule has 1 rings (SSSR count). The average Bonchev–Trinajstić information content (AvgIpc) is 2.09. The maximum Gasteiger partial charge on any atom is 0.0497 e. The molecule has 78 valence electrons. The Kier molecular flexibility index (Phi) is 4.38. The van der Waals surface area contributed by atoms with E-state index >= 15 is 0 Å². The number of hydrogen-bond donors (Lipinski definition) is 2. The largest absolute Gasteiger partial charge is 0.271 e. The zero-order valence-corrected chi connectivity index (χ0v) is 10.6. The van der Waals surface area contributed by atoms with E-state index in [-0.39, 0.29) is 6.04 Å². The highest BCUT2D eigenvalue weighted by Gasteiger charge is 2.16. The van der Waals surface area contributed by atoms with Crippen molar-refractivity contribution >= 4 is 27.5 Å². The fourth-order valence-electron chi connectivity index (χ4n) is 1.40. The third kappa shape index (κ3) is 2.70. The second-order valence-corrected chi connectivity index (χ2v) is 4.88. The zero-order valence-electron chi connectivity index (χ0n) is 8.22. The Morgan fingerprint density at radius 1 is 1.43 bits per heavy atom. The molecule has 1 aromatic rings. The van der Waals surface area contributed by atoms with Gasteiger partial charge in [-0.15, -0.1) is 0 Å². The normalized spacial score (nSPS) is 13.3. The fraction of sp³-hybridized carbons (Fsp3) is 0.400. The van der Waals surface area contributed by atoms with Crippen molar-refractivity contribution in [2.75, 3.05) is 0 Å². The van der Waals surface area contributed by atoms with Gasteiger partial charge in [0, 0.05) is 15.5 Å². The summed E-state index contributed by atoms with van der Waals surface area (Å²) in [4.78, 5) is 0. The first-order chi connectivity index (χ1) is 6.56. The highest BCUT2D eigenvalue weighted by molar-refractivity contribution is 9.10. The van der Waals surface area contributed by atoms with E-state index < -0.39 is 0 Å². The molecule has 1 atom stereocenters. The molecule has 0 aromatic heterocycles. The van der Waals surface area contributed by atoms with Crippen molar-refractivity contribution in [3.63, 3.8) is 0 Å². The molecule has 0 bridgehead atoms. The molecule has 0 radical (unpaired) electrons. The molecular formula is C10H14BrClN2. The minimum atomic E-state index is 0.0931. The van der Waals surface area contributed by atoms with Gasteiger partial charge in [0.15, 0.2) is 0 Å². The van der Waals surface area contributed by atoms with Gasteiger partial charge in [-0.3, -0.25) is 11.3 Å². The van der Waals surface area contributed by atoms with E-state index in [1.54, 1.807) is 0 Å². The minimum absolute atomic E-state index is 0.0931. The van der Waals surface area contributed by atoms with Crippen LogP contribution < -0.4 is 11.3 Å². The van der Waals surface area contributed by atoms with Crippen LogP contribution in [0.3, 0.4) is 0 Å². The van der Waals surface area contributed by atoms with Crippen molar-refractivity contribution in [2.24, 2.45) is 11.8 Å². The topological polar surface area (TPSA) is 38.0 Å². The summed E-state index contributed by atoms with van der Waals surface area (Å²) in [5.41, 5.74) is 3.81. The summed E-state index contributed by atoms with van der Waals surface area (Å²) < 4.78 is 0.978. The van der Waals surface area contributed by atoms with Gasteiger partial charge in [-0.05, 0) is 23.6 Å². The van der Waals surface area contributed by atoms with Crippen LogP contribution in [-0.2, 0) is 0 Å². The lowest BCUT2D eigenvalue weighted by Gasteiger charge is -2.21. The molecule has 0 saturated carbocycles. The van der Waals surface area contributed by atoms with E-state index in [1.807, 2.05) is 18.2 Å². The van der Waals surface area contributed by atoms with Gasteiger partial charge in [-0.1, -0.05) is 47.4 Å². The molecule has 1 aromatic carbocycles. The summed E-state index contributed by atoms with van der Waals surface area (Å²) >= 11 is 9.49. The van der Waals surface area contributed by atoms with Gasteiger partial charge in [-0.25, -0.2) is 0 Å². The molecule has 0 aliphatic rings. The smallest absolute Gasteiger partial charge is 0.0497 e. The predicted molar refractivity (Wildman–Crippen MR) is 64.1 cm³/mol. The Morgan fingerprint density at radius 2 is 2.07 bits per heavy atom. The monoisotopic (exact) mass is 276 g/mol. The van der Waals surface area contributed by atoms with Gasteiger partial charge in [0.2, 0.25) is 0 Å². The van der Waals surface area contributed by atoms with E-state index in [0.29, 0.717) is 5.92 Å². The van der Waals surface area contributed by atoms with Crippen molar-refractivity contribution in [3.05, 3.63) is 33.3 Å². The minimum Gasteiger partial charge on any atom is -0.271 e. The Morgan fingerprint density at radius 3 is 2.50 bits per heavy atom. The van der Waals surface area contributed by atoms with Gasteiger partial charge < -0.3 is 0 Å². The SMILES string of the molecule is CC(C)C(NN)c1ccc(Br)cc1Cl. The van der Waals surface area contributed by atoms with Gasteiger partial charge in [0.1, 0.15) is 0 Å². The highest BCUT2D eigenvalue weighted by Crippen LogP contribution is 2.29. The second kappa shape index (κ2) is 5.12. The number of nitrogens with one attached hydrogen (secondary N) is 1. The van der Waals surface area contributed by atoms with Crippen LogP contribution in [0.25, 0.3) is 0 Å². The molecule has 14 heavy (non-hydrogen) atoms. The van der Waals surface area contributed by atoms with Crippen LogP contribution >= 0.6 is 27.5 Å². The third-order valence-electron chi connectivity index (χ3n) is 2.14. The van der Waals surface area contributed by atoms with Gasteiger partial charge >= 0.3 is 0 Å². The van der Waals surface area contributed by atoms with Gasteiger partial charge in [0.25, 0.3) is 0 Å². The molecule has 0 aliphatic carbocycles. The lowest BCUT2D eigenvalue weighted by molar-refractivity contribution is 0.421. The van der Waals surface area contributed by atoms with Crippen LogP contribution in [0.5, 0.6) is 0 Å². The molecule has 3 N–H and O–H groups in total. The first-order valence-corrected chi connectivity index (χ1v) is 5.64. The molecule has 1 unspecified atom stereocenters. The summed E-state index contributed by atoms with van der Waals surface area (Å²) in [5, 5.41) is 0.732. The Balaban J connectivity index is 3.04. The maximum absolute atomic E-state index is 6.12. The Hall–Kier alpha value is -0.0900. The lowest BCUT2D eigenvalue weighted by Crippen LogP contribution is -2.31. The number of hydrazine groups is 1. The number of nitrogens with two attached hydrogens (primary N) is 1. The standard InChI is InChI=1S/C10H14BrClN2/c1-6(2)10(14-13)8-4-3-7(11)5-9(8)12/h3-6,10,14H,13H2,1-2H3. The van der Waals surface area contributed by atoms with Crippen LogP contribution in [-0.4, -0.2) is 0 Å². The molecule has 4 heteroatoms. The van der Waals surface area contributed by atoms with Crippen molar-refractivity contribution < 1.29 is 0 Å². The molecule has 2 nitrogen and oxygen atoms in total. The Labute approximate surface area is 97.9 Å². The second-order valence-electron chi connectivity index (χ2n) is 3.55. The summed E-state index contributed by atoms with van der Waals surface area (Å²) in [7, 11) is 0. The van der Waals surface area contributed by atoms with Crippen molar-refractivity contribution in [3.8, 4) is 0 Å². The van der Waals surface area contributed by atoms with Crippen LogP contribution in [0.1, 0.15) is 25.5 Å². The highest BCUT2D eigenvalue weighted by atomic mass is 79.9. The predicted octanol–water partition coefficient (Wildman–Crippen LogP) is 3.26. The van der Waals surface area contributed by atoms with Crippen molar-refractivity contribution in [2.45, 2.75) is 19.9 Å². The van der Waals surface area contributed by atoms with Gasteiger partial charge in [-0.2, -0.15) is 0 Å². The van der Waals surface area contributed by atoms with Crippen LogP contribution in [0, 0.1) is 5.92 Å². The first-order valence-electron chi connectivity index (χ1n) is 4.47. The van der Waals surface area contributed by atoms with Crippen LogP contribution in [0.4, 0.5) is 0 Å². The third-order valence-corrected chi connectivity index (χ3v) is 2.96. The summed E-state index contributed by atoms with van der Waals surface area (Å²) in [6.07, 6.45) is 0. The number of halogens is 2. The number of hydrogen-bond acceptors (Lipinski definition) is 2. The quantitative estimate of drug-likeness (QED) is 0.657. The van der Waals surface area contributed by atoms with E-state index in [2.05, 4.69) is 35.2 Å². The summed E-state index contributed by atoms with van der Waals surface area (Å²) in [6, 6.07) is 5.92.